The molecule has 6 nitrogen and oxygen atoms in total. The molecule has 0 saturated heterocycles. The van der Waals surface area contributed by atoms with Gasteiger partial charge in [-0.2, -0.15) is 0 Å². The molecule has 4 rings (SSSR count). The van der Waals surface area contributed by atoms with Crippen molar-refractivity contribution in [3.05, 3.63) is 77.7 Å². The van der Waals surface area contributed by atoms with Gasteiger partial charge >= 0.3 is 5.97 Å². The van der Waals surface area contributed by atoms with Crippen LogP contribution in [0.5, 0.6) is 0 Å². The minimum Gasteiger partial charge on any atom is -0.452 e. The average Bonchev–Trinajstić information content (AvgIpc) is 3.38. The lowest BCUT2D eigenvalue weighted by Crippen LogP contribution is -2.30. The van der Waals surface area contributed by atoms with Gasteiger partial charge in [0.25, 0.3) is 5.91 Å². The largest absolute Gasteiger partial charge is 0.452 e. The van der Waals surface area contributed by atoms with Crippen LogP contribution < -0.4 is 10.2 Å². The van der Waals surface area contributed by atoms with Crippen molar-refractivity contribution < 1.29 is 14.3 Å². The summed E-state index contributed by atoms with van der Waals surface area (Å²) in [6.07, 6.45) is 0. The number of esters is 1. The molecule has 0 fully saturated rings. The topological polar surface area (TPSA) is 71.5 Å². The second-order valence-electron chi connectivity index (χ2n) is 8.10. The number of benzene rings is 2. The van der Waals surface area contributed by atoms with Crippen LogP contribution >= 0.6 is 11.3 Å². The third kappa shape index (κ3) is 5.26. The molecule has 174 valence electrons. The van der Waals surface area contributed by atoms with Gasteiger partial charge < -0.3 is 15.0 Å². The zero-order chi connectivity index (χ0) is 24.1. The highest BCUT2D eigenvalue weighted by Gasteiger charge is 2.17. The molecule has 0 radical (unpaired) electrons. The molecule has 2 aromatic heterocycles. The van der Waals surface area contributed by atoms with E-state index in [1.54, 1.807) is 17.4 Å². The fraction of sp³-hybridized carbons (Fsp3) is 0.222. The first kappa shape index (κ1) is 23.4. The van der Waals surface area contributed by atoms with Gasteiger partial charge in [0.1, 0.15) is 0 Å². The Morgan fingerprint density at radius 3 is 2.50 bits per heavy atom. The first-order valence-electron chi connectivity index (χ1n) is 11.2. The quantitative estimate of drug-likeness (QED) is 0.318. The molecule has 0 unspecified atom stereocenters. The highest BCUT2D eigenvalue weighted by Crippen LogP contribution is 2.28. The SMILES string of the molecule is CCN(c1ccc(NC(=O)COC(=O)c2cc(-c3cccs3)nc3ccccc23)cc1)C(C)C. The number of fused-ring (bicyclic) bond motifs is 1. The molecule has 1 N–H and O–H groups in total. The summed E-state index contributed by atoms with van der Waals surface area (Å²) in [4.78, 5) is 33.2. The molecule has 2 aromatic carbocycles. The van der Waals surface area contributed by atoms with E-state index in [4.69, 9.17) is 4.74 Å². The summed E-state index contributed by atoms with van der Waals surface area (Å²) in [7, 11) is 0. The standard InChI is InChI=1S/C27H27N3O3S/c1-4-30(18(2)3)20-13-11-19(12-14-20)28-26(31)17-33-27(32)22-16-24(25-10-7-15-34-25)29-23-9-6-5-8-21(22)23/h5-16,18H,4,17H2,1-3H3,(H,28,31). The van der Waals surface area contributed by atoms with E-state index in [1.165, 1.54) is 0 Å². The Bertz CT molecular complexity index is 1280. The Morgan fingerprint density at radius 2 is 1.82 bits per heavy atom. The number of rotatable bonds is 8. The maximum Gasteiger partial charge on any atom is 0.339 e. The zero-order valence-corrected chi connectivity index (χ0v) is 20.3. The van der Waals surface area contributed by atoms with Crippen LogP contribution in [0.2, 0.25) is 0 Å². The third-order valence-corrected chi connectivity index (χ3v) is 6.38. The van der Waals surface area contributed by atoms with Crippen LogP contribution in [0.15, 0.2) is 72.1 Å². The number of para-hydroxylation sites is 1. The molecular weight excluding hydrogens is 446 g/mol. The Balaban J connectivity index is 1.44. The van der Waals surface area contributed by atoms with Crippen LogP contribution in [0, 0.1) is 0 Å². The number of nitrogens with one attached hydrogen (secondary N) is 1. The number of pyridine rings is 1. The average molecular weight is 474 g/mol. The Kier molecular flexibility index (Phi) is 7.23. The van der Waals surface area contributed by atoms with Gasteiger partial charge in [0.05, 0.1) is 21.7 Å². The van der Waals surface area contributed by atoms with Gasteiger partial charge in [0, 0.05) is 29.3 Å². The highest BCUT2D eigenvalue weighted by molar-refractivity contribution is 7.13. The molecule has 0 saturated carbocycles. The molecule has 0 aliphatic heterocycles. The number of carbonyl (C=O) groups is 2. The summed E-state index contributed by atoms with van der Waals surface area (Å²) in [5.74, 6) is -0.952. The van der Waals surface area contributed by atoms with Gasteiger partial charge in [-0.1, -0.05) is 24.3 Å². The molecule has 0 aliphatic carbocycles. The summed E-state index contributed by atoms with van der Waals surface area (Å²) in [6, 6.07) is 21.1. The summed E-state index contributed by atoms with van der Waals surface area (Å²) in [5, 5.41) is 5.44. The number of hydrogen-bond acceptors (Lipinski definition) is 6. The monoisotopic (exact) mass is 473 g/mol. The lowest BCUT2D eigenvalue weighted by Gasteiger charge is -2.27. The molecule has 0 aliphatic rings. The van der Waals surface area contributed by atoms with E-state index in [-0.39, 0.29) is 6.61 Å². The van der Waals surface area contributed by atoms with E-state index < -0.39 is 11.9 Å². The minimum absolute atomic E-state index is 0.376. The third-order valence-electron chi connectivity index (χ3n) is 5.49. The van der Waals surface area contributed by atoms with Crippen LogP contribution in [0.1, 0.15) is 31.1 Å². The van der Waals surface area contributed by atoms with Crippen molar-refractivity contribution in [1.29, 1.82) is 0 Å². The molecule has 1 amide bonds. The number of aromatic nitrogens is 1. The zero-order valence-electron chi connectivity index (χ0n) is 19.4. The Morgan fingerprint density at radius 1 is 1.06 bits per heavy atom. The molecular formula is C27H27N3O3S. The molecule has 2 heterocycles. The van der Waals surface area contributed by atoms with E-state index in [0.717, 1.165) is 17.1 Å². The molecule has 0 bridgehead atoms. The first-order valence-corrected chi connectivity index (χ1v) is 12.1. The van der Waals surface area contributed by atoms with Crippen LogP contribution in [-0.2, 0) is 9.53 Å². The van der Waals surface area contributed by atoms with E-state index in [0.29, 0.717) is 33.9 Å². The van der Waals surface area contributed by atoms with E-state index in [2.05, 4.69) is 36.0 Å². The molecule has 0 spiro atoms. The summed E-state index contributed by atoms with van der Waals surface area (Å²) >= 11 is 1.55. The van der Waals surface area contributed by atoms with Crippen molar-refractivity contribution in [1.82, 2.24) is 4.98 Å². The smallest absolute Gasteiger partial charge is 0.339 e. The molecule has 34 heavy (non-hydrogen) atoms. The van der Waals surface area contributed by atoms with Crippen molar-refractivity contribution in [3.8, 4) is 10.6 Å². The number of nitrogens with zero attached hydrogens (tertiary/aromatic N) is 2. The lowest BCUT2D eigenvalue weighted by molar-refractivity contribution is -0.119. The Labute approximate surface area is 203 Å². The van der Waals surface area contributed by atoms with E-state index in [9.17, 15) is 9.59 Å². The van der Waals surface area contributed by atoms with E-state index >= 15 is 0 Å². The summed E-state index contributed by atoms with van der Waals surface area (Å²) < 4.78 is 5.37. The molecule has 4 aromatic rings. The first-order chi connectivity index (χ1) is 16.5. The van der Waals surface area contributed by atoms with Gasteiger partial charge in [0.2, 0.25) is 0 Å². The number of hydrogen-bond donors (Lipinski definition) is 1. The second-order valence-corrected chi connectivity index (χ2v) is 9.05. The number of amides is 1. The number of anilines is 2. The lowest BCUT2D eigenvalue weighted by atomic mass is 10.1. The van der Waals surface area contributed by atoms with Crippen LogP contribution in [0.25, 0.3) is 21.5 Å². The molecule has 7 heteroatoms. The number of ether oxygens (including phenoxy) is 1. The van der Waals surface area contributed by atoms with Crippen LogP contribution in [-0.4, -0.2) is 36.1 Å². The fourth-order valence-corrected chi connectivity index (χ4v) is 4.57. The summed E-state index contributed by atoms with van der Waals surface area (Å²) in [6.45, 7) is 6.92. The van der Waals surface area contributed by atoms with Gasteiger partial charge in [-0.25, -0.2) is 9.78 Å². The predicted octanol–water partition coefficient (Wildman–Crippen LogP) is 5.99. The van der Waals surface area contributed by atoms with Crippen molar-refractivity contribution in [2.75, 3.05) is 23.4 Å². The van der Waals surface area contributed by atoms with Crippen LogP contribution in [0.3, 0.4) is 0 Å². The normalized spacial score (nSPS) is 10.9. The van der Waals surface area contributed by atoms with Gasteiger partial charge in [-0.05, 0) is 68.6 Å². The maximum atomic E-state index is 12.9. The summed E-state index contributed by atoms with van der Waals surface area (Å²) in [5.41, 5.74) is 3.53. The number of carbonyl (C=O) groups excluding carboxylic acids is 2. The van der Waals surface area contributed by atoms with Crippen molar-refractivity contribution in [2.45, 2.75) is 26.8 Å². The second kappa shape index (κ2) is 10.5. The van der Waals surface area contributed by atoms with E-state index in [1.807, 2.05) is 66.0 Å². The molecule has 0 atom stereocenters. The maximum absolute atomic E-state index is 12.9. The van der Waals surface area contributed by atoms with Crippen molar-refractivity contribution in [3.63, 3.8) is 0 Å². The van der Waals surface area contributed by atoms with Crippen LogP contribution in [0.4, 0.5) is 11.4 Å². The van der Waals surface area contributed by atoms with Gasteiger partial charge in [-0.15, -0.1) is 11.3 Å². The Hall–Kier alpha value is -3.71. The minimum atomic E-state index is -0.558. The van der Waals surface area contributed by atoms with Crippen molar-refractivity contribution in [2.24, 2.45) is 0 Å². The van der Waals surface area contributed by atoms with Gasteiger partial charge in [-0.3, -0.25) is 4.79 Å². The van der Waals surface area contributed by atoms with Gasteiger partial charge in [0.15, 0.2) is 6.61 Å². The fourth-order valence-electron chi connectivity index (χ4n) is 3.88. The number of thiophene rings is 1. The predicted molar refractivity (Wildman–Crippen MR) is 139 cm³/mol. The van der Waals surface area contributed by atoms with Crippen molar-refractivity contribution >= 4 is 45.5 Å². The highest BCUT2D eigenvalue weighted by atomic mass is 32.1.